The number of methoxy groups -OCH3 is 1. The highest BCUT2D eigenvalue weighted by molar-refractivity contribution is 5.84. The van der Waals surface area contributed by atoms with Crippen molar-refractivity contribution in [1.29, 1.82) is 5.26 Å². The van der Waals surface area contributed by atoms with E-state index in [4.69, 9.17) is 9.47 Å². The quantitative estimate of drug-likeness (QED) is 0.378. The summed E-state index contributed by atoms with van der Waals surface area (Å²) in [5.74, 6) is -0.829. The Bertz CT molecular complexity index is 956. The van der Waals surface area contributed by atoms with Crippen LogP contribution in [0.4, 0.5) is 4.79 Å². The average Bonchev–Trinajstić information content (AvgIpc) is 2.84. The third-order valence-electron chi connectivity index (χ3n) is 4.95. The fourth-order valence-electron chi connectivity index (χ4n) is 3.18. The van der Waals surface area contributed by atoms with Crippen LogP contribution in [0.5, 0.6) is 0 Å². The van der Waals surface area contributed by atoms with Gasteiger partial charge in [-0.05, 0) is 30.0 Å². The molecule has 2 rings (SSSR count). The summed E-state index contributed by atoms with van der Waals surface area (Å²) >= 11 is 0. The summed E-state index contributed by atoms with van der Waals surface area (Å²) in [6, 6.07) is 17.6. The standard InChI is InChI=1S/C25H29N3O5/c1-32-24(30)22(16-20-12-7-8-13-21(20)17-26)28-23(29)14-6-3-9-15-27-25(31)33-18-19-10-4-2-5-11-19/h2,4-5,7-8,10-13,22H,3,6,9,14-16,18H2,1H3,(H,27,31)(H,28,29)/t22-/m0/s1. The number of amides is 2. The number of alkyl carbamates (subject to hydrolysis) is 1. The molecule has 0 saturated heterocycles. The maximum atomic E-state index is 12.3. The second-order valence-electron chi connectivity index (χ2n) is 7.42. The molecule has 2 amide bonds. The van der Waals surface area contributed by atoms with Crippen molar-refractivity contribution < 1.29 is 23.9 Å². The van der Waals surface area contributed by atoms with Gasteiger partial charge in [0.15, 0.2) is 0 Å². The Labute approximate surface area is 193 Å². The topological polar surface area (TPSA) is 118 Å². The molecule has 0 aromatic heterocycles. The largest absolute Gasteiger partial charge is 0.467 e. The fraction of sp³-hybridized carbons (Fsp3) is 0.360. The molecule has 0 bridgehead atoms. The summed E-state index contributed by atoms with van der Waals surface area (Å²) in [7, 11) is 1.26. The number of nitrogens with zero attached hydrogens (tertiary/aromatic N) is 1. The molecular weight excluding hydrogens is 422 g/mol. The lowest BCUT2D eigenvalue weighted by Gasteiger charge is -2.17. The molecule has 0 radical (unpaired) electrons. The molecule has 2 N–H and O–H groups in total. The van der Waals surface area contributed by atoms with E-state index in [1.54, 1.807) is 24.3 Å². The zero-order chi connectivity index (χ0) is 23.9. The van der Waals surface area contributed by atoms with E-state index < -0.39 is 18.1 Å². The van der Waals surface area contributed by atoms with E-state index >= 15 is 0 Å². The van der Waals surface area contributed by atoms with Gasteiger partial charge in [-0.25, -0.2) is 9.59 Å². The molecule has 33 heavy (non-hydrogen) atoms. The predicted molar refractivity (Wildman–Crippen MR) is 122 cm³/mol. The molecule has 8 heteroatoms. The Morgan fingerprint density at radius 2 is 1.73 bits per heavy atom. The predicted octanol–water partition coefficient (Wildman–Crippen LogP) is 3.25. The number of unbranched alkanes of at least 4 members (excludes halogenated alkanes) is 2. The highest BCUT2D eigenvalue weighted by Gasteiger charge is 2.22. The molecule has 0 spiro atoms. The SMILES string of the molecule is COC(=O)[C@H](Cc1ccccc1C#N)NC(=O)CCCCCNC(=O)OCc1ccccc1. The van der Waals surface area contributed by atoms with Gasteiger partial charge >= 0.3 is 12.1 Å². The van der Waals surface area contributed by atoms with Crippen LogP contribution in [-0.2, 0) is 32.1 Å². The van der Waals surface area contributed by atoms with E-state index in [0.29, 0.717) is 30.5 Å². The number of nitriles is 1. The monoisotopic (exact) mass is 451 g/mol. The Morgan fingerprint density at radius 3 is 2.45 bits per heavy atom. The number of ether oxygens (including phenoxy) is 2. The summed E-state index contributed by atoms with van der Waals surface area (Å²) in [6.45, 7) is 0.665. The number of rotatable bonds is 12. The summed E-state index contributed by atoms with van der Waals surface area (Å²) in [6.07, 6.45) is 1.98. The molecule has 1 atom stereocenters. The molecule has 0 aliphatic carbocycles. The molecule has 2 aromatic carbocycles. The van der Waals surface area contributed by atoms with Crippen LogP contribution in [0.1, 0.15) is 42.4 Å². The van der Waals surface area contributed by atoms with E-state index in [9.17, 15) is 19.6 Å². The van der Waals surface area contributed by atoms with Crippen molar-refractivity contribution in [2.45, 2.75) is 44.8 Å². The van der Waals surface area contributed by atoms with Crippen LogP contribution in [0.2, 0.25) is 0 Å². The third-order valence-corrected chi connectivity index (χ3v) is 4.95. The Hall–Kier alpha value is -3.86. The molecule has 0 unspecified atom stereocenters. The first-order valence-corrected chi connectivity index (χ1v) is 10.8. The van der Waals surface area contributed by atoms with E-state index in [2.05, 4.69) is 16.7 Å². The van der Waals surface area contributed by atoms with Crippen molar-refractivity contribution in [3.05, 3.63) is 71.3 Å². The first-order valence-electron chi connectivity index (χ1n) is 10.8. The lowest BCUT2D eigenvalue weighted by atomic mass is 10.0. The normalized spacial score (nSPS) is 11.0. The lowest BCUT2D eigenvalue weighted by molar-refractivity contribution is -0.145. The summed E-state index contributed by atoms with van der Waals surface area (Å²) in [4.78, 5) is 36.1. The van der Waals surface area contributed by atoms with E-state index in [1.807, 2.05) is 30.3 Å². The maximum absolute atomic E-state index is 12.3. The third kappa shape index (κ3) is 9.44. The molecule has 0 aliphatic rings. The van der Waals surface area contributed by atoms with Gasteiger partial charge in [0.05, 0.1) is 18.7 Å². The van der Waals surface area contributed by atoms with Crippen LogP contribution in [0.25, 0.3) is 0 Å². The number of benzene rings is 2. The van der Waals surface area contributed by atoms with Crippen molar-refractivity contribution >= 4 is 18.0 Å². The van der Waals surface area contributed by atoms with Crippen molar-refractivity contribution in [3.63, 3.8) is 0 Å². The second-order valence-corrected chi connectivity index (χ2v) is 7.42. The number of esters is 1. The highest BCUT2D eigenvalue weighted by Crippen LogP contribution is 2.11. The van der Waals surface area contributed by atoms with Gasteiger partial charge in [-0.15, -0.1) is 0 Å². The number of carbonyl (C=O) groups excluding carboxylic acids is 3. The second kappa shape index (κ2) is 14.2. The lowest BCUT2D eigenvalue weighted by Crippen LogP contribution is -2.43. The van der Waals surface area contributed by atoms with Crippen LogP contribution in [-0.4, -0.2) is 37.7 Å². The molecule has 0 saturated carbocycles. The van der Waals surface area contributed by atoms with Crippen LogP contribution in [0, 0.1) is 11.3 Å². The summed E-state index contributed by atoms with van der Waals surface area (Å²) in [5, 5.41) is 14.6. The summed E-state index contributed by atoms with van der Waals surface area (Å²) < 4.78 is 9.94. The summed E-state index contributed by atoms with van der Waals surface area (Å²) in [5.41, 5.74) is 2.04. The number of carbonyl (C=O) groups is 3. The molecule has 8 nitrogen and oxygen atoms in total. The van der Waals surface area contributed by atoms with Crippen molar-refractivity contribution in [2.75, 3.05) is 13.7 Å². The van der Waals surface area contributed by atoms with Gasteiger partial charge in [-0.1, -0.05) is 55.0 Å². The minimum absolute atomic E-state index is 0.178. The molecule has 2 aromatic rings. The molecule has 0 heterocycles. The zero-order valence-electron chi connectivity index (χ0n) is 18.7. The van der Waals surface area contributed by atoms with Gasteiger partial charge in [-0.3, -0.25) is 4.79 Å². The van der Waals surface area contributed by atoms with Crippen molar-refractivity contribution in [2.24, 2.45) is 0 Å². The van der Waals surface area contributed by atoms with E-state index in [0.717, 1.165) is 12.0 Å². The molecule has 174 valence electrons. The van der Waals surface area contributed by atoms with Crippen LogP contribution >= 0.6 is 0 Å². The van der Waals surface area contributed by atoms with Crippen LogP contribution in [0.15, 0.2) is 54.6 Å². The highest BCUT2D eigenvalue weighted by atomic mass is 16.5. The van der Waals surface area contributed by atoms with Gasteiger partial charge in [0.25, 0.3) is 0 Å². The van der Waals surface area contributed by atoms with Gasteiger partial charge < -0.3 is 20.1 Å². The zero-order valence-corrected chi connectivity index (χ0v) is 18.7. The molecular formula is C25H29N3O5. The fourth-order valence-corrected chi connectivity index (χ4v) is 3.18. The van der Waals surface area contributed by atoms with Crippen LogP contribution in [0.3, 0.4) is 0 Å². The Kier molecular flexibility index (Phi) is 11.0. The number of hydrogen-bond acceptors (Lipinski definition) is 6. The van der Waals surface area contributed by atoms with Gasteiger partial charge in [0.2, 0.25) is 5.91 Å². The number of hydrogen-bond donors (Lipinski definition) is 2. The van der Waals surface area contributed by atoms with Crippen molar-refractivity contribution in [1.82, 2.24) is 10.6 Å². The first kappa shape index (κ1) is 25.4. The van der Waals surface area contributed by atoms with Gasteiger partial charge in [0, 0.05) is 19.4 Å². The van der Waals surface area contributed by atoms with Gasteiger partial charge in [-0.2, -0.15) is 5.26 Å². The van der Waals surface area contributed by atoms with Crippen LogP contribution < -0.4 is 10.6 Å². The van der Waals surface area contributed by atoms with Gasteiger partial charge in [0.1, 0.15) is 12.6 Å². The van der Waals surface area contributed by atoms with E-state index in [1.165, 1.54) is 7.11 Å². The minimum Gasteiger partial charge on any atom is -0.467 e. The smallest absolute Gasteiger partial charge is 0.407 e. The average molecular weight is 452 g/mol. The first-order chi connectivity index (χ1) is 16.0. The maximum Gasteiger partial charge on any atom is 0.407 e. The Morgan fingerprint density at radius 1 is 1.00 bits per heavy atom. The number of nitrogens with one attached hydrogen (secondary N) is 2. The van der Waals surface area contributed by atoms with Crippen molar-refractivity contribution in [3.8, 4) is 6.07 Å². The minimum atomic E-state index is -0.863. The Balaban J connectivity index is 1.65. The molecule has 0 aliphatic heterocycles. The molecule has 0 fully saturated rings. The van der Waals surface area contributed by atoms with E-state index in [-0.39, 0.29) is 25.4 Å².